The SMILES string of the molecule is CCc1n[nH]c(=S)n1-c1c(Cl)ccc(C)c1Cl. The molecule has 0 spiro atoms. The average Bonchev–Trinajstić information content (AvgIpc) is 2.67. The van der Waals surface area contributed by atoms with Gasteiger partial charge in [0.25, 0.3) is 0 Å². The van der Waals surface area contributed by atoms with Crippen LogP contribution >= 0.6 is 35.4 Å². The molecule has 0 aliphatic carbocycles. The highest BCUT2D eigenvalue weighted by molar-refractivity contribution is 7.71. The van der Waals surface area contributed by atoms with Crippen LogP contribution in [0.5, 0.6) is 0 Å². The molecule has 0 bridgehead atoms. The van der Waals surface area contributed by atoms with Crippen LogP contribution < -0.4 is 0 Å². The Bertz CT molecular complexity index is 616. The molecule has 17 heavy (non-hydrogen) atoms. The van der Waals surface area contributed by atoms with Crippen LogP contribution in [0.1, 0.15) is 18.3 Å². The number of rotatable bonds is 2. The quantitative estimate of drug-likeness (QED) is 0.844. The molecule has 1 aromatic carbocycles. The van der Waals surface area contributed by atoms with E-state index in [9.17, 15) is 0 Å². The van der Waals surface area contributed by atoms with Crippen molar-refractivity contribution in [2.24, 2.45) is 0 Å². The second-order valence-corrected chi connectivity index (χ2v) is 4.83. The van der Waals surface area contributed by atoms with Gasteiger partial charge in [-0.15, -0.1) is 0 Å². The number of nitrogens with one attached hydrogen (secondary N) is 1. The van der Waals surface area contributed by atoms with Crippen molar-refractivity contribution in [2.45, 2.75) is 20.3 Å². The van der Waals surface area contributed by atoms with E-state index in [1.54, 1.807) is 4.57 Å². The van der Waals surface area contributed by atoms with Crippen LogP contribution in [0.4, 0.5) is 0 Å². The first-order valence-electron chi connectivity index (χ1n) is 5.17. The molecule has 90 valence electrons. The molecule has 1 N–H and O–H groups in total. The van der Waals surface area contributed by atoms with E-state index < -0.39 is 0 Å². The minimum Gasteiger partial charge on any atom is -0.269 e. The number of aryl methyl sites for hydroxylation is 2. The molecule has 0 aliphatic rings. The van der Waals surface area contributed by atoms with Crippen molar-refractivity contribution >= 4 is 35.4 Å². The van der Waals surface area contributed by atoms with Gasteiger partial charge in [-0.25, -0.2) is 0 Å². The van der Waals surface area contributed by atoms with E-state index in [1.165, 1.54) is 0 Å². The number of aromatic nitrogens is 3. The second kappa shape index (κ2) is 4.80. The third-order valence-corrected chi connectivity index (χ3v) is 3.60. The Labute approximate surface area is 114 Å². The highest BCUT2D eigenvalue weighted by atomic mass is 35.5. The molecular formula is C11H11Cl2N3S. The third-order valence-electron chi connectivity index (χ3n) is 2.54. The van der Waals surface area contributed by atoms with E-state index >= 15 is 0 Å². The highest BCUT2D eigenvalue weighted by Crippen LogP contribution is 2.32. The molecule has 0 saturated heterocycles. The van der Waals surface area contributed by atoms with Crippen LogP contribution in [-0.2, 0) is 6.42 Å². The molecule has 0 atom stereocenters. The molecular weight excluding hydrogens is 277 g/mol. The van der Waals surface area contributed by atoms with Gasteiger partial charge in [0.2, 0.25) is 0 Å². The Hall–Kier alpha value is -0.840. The van der Waals surface area contributed by atoms with Crippen molar-refractivity contribution in [2.75, 3.05) is 0 Å². The topological polar surface area (TPSA) is 33.6 Å². The van der Waals surface area contributed by atoms with Crippen molar-refractivity contribution in [1.82, 2.24) is 14.8 Å². The van der Waals surface area contributed by atoms with Crippen molar-refractivity contribution in [1.29, 1.82) is 0 Å². The fourth-order valence-corrected chi connectivity index (χ4v) is 2.43. The summed E-state index contributed by atoms with van der Waals surface area (Å²) in [5.41, 5.74) is 1.65. The molecule has 2 rings (SSSR count). The van der Waals surface area contributed by atoms with Crippen LogP contribution in [0.25, 0.3) is 5.69 Å². The first kappa shape index (κ1) is 12.6. The standard InChI is InChI=1S/C11H11Cl2N3S/c1-3-8-14-15-11(17)16(8)10-7(12)5-4-6(2)9(10)13/h4-5H,3H2,1-2H3,(H,15,17). The zero-order valence-corrected chi connectivity index (χ0v) is 11.7. The third kappa shape index (κ3) is 2.12. The maximum absolute atomic E-state index is 6.30. The van der Waals surface area contributed by atoms with Gasteiger partial charge in [-0.05, 0) is 30.8 Å². The number of benzene rings is 1. The molecule has 0 fully saturated rings. The molecule has 0 unspecified atom stereocenters. The van der Waals surface area contributed by atoms with Gasteiger partial charge in [0.05, 0.1) is 15.7 Å². The zero-order chi connectivity index (χ0) is 12.6. The van der Waals surface area contributed by atoms with Crippen molar-refractivity contribution < 1.29 is 0 Å². The lowest BCUT2D eigenvalue weighted by Crippen LogP contribution is -2.02. The molecule has 0 aliphatic heterocycles. The summed E-state index contributed by atoms with van der Waals surface area (Å²) in [5, 5.41) is 8.07. The maximum atomic E-state index is 6.30. The summed E-state index contributed by atoms with van der Waals surface area (Å²) in [4.78, 5) is 0. The van der Waals surface area contributed by atoms with E-state index in [0.717, 1.165) is 17.8 Å². The first-order chi connectivity index (χ1) is 8.06. The van der Waals surface area contributed by atoms with Gasteiger partial charge >= 0.3 is 0 Å². The predicted molar refractivity (Wildman–Crippen MR) is 72.9 cm³/mol. The van der Waals surface area contributed by atoms with E-state index in [-0.39, 0.29) is 0 Å². The minimum absolute atomic E-state index is 0.497. The molecule has 0 amide bonds. The largest absolute Gasteiger partial charge is 0.269 e. The van der Waals surface area contributed by atoms with Gasteiger partial charge in [0, 0.05) is 6.42 Å². The maximum Gasteiger partial charge on any atom is 0.199 e. The summed E-state index contributed by atoms with van der Waals surface area (Å²) >= 11 is 17.7. The molecule has 1 aromatic heterocycles. The highest BCUT2D eigenvalue weighted by Gasteiger charge is 2.15. The molecule has 0 saturated carbocycles. The van der Waals surface area contributed by atoms with Crippen molar-refractivity contribution in [3.05, 3.63) is 38.3 Å². The normalized spacial score (nSPS) is 10.8. The van der Waals surface area contributed by atoms with Crippen LogP contribution in [0.15, 0.2) is 12.1 Å². The van der Waals surface area contributed by atoms with Gasteiger partial charge in [-0.1, -0.05) is 36.2 Å². The Morgan fingerprint density at radius 2 is 2.12 bits per heavy atom. The van der Waals surface area contributed by atoms with Crippen LogP contribution in [-0.4, -0.2) is 14.8 Å². The summed E-state index contributed by atoms with van der Waals surface area (Å²) < 4.78 is 2.28. The van der Waals surface area contributed by atoms with Gasteiger partial charge in [-0.3, -0.25) is 9.67 Å². The van der Waals surface area contributed by atoms with E-state index in [1.807, 2.05) is 26.0 Å². The summed E-state index contributed by atoms with van der Waals surface area (Å²) in [5.74, 6) is 0.810. The zero-order valence-electron chi connectivity index (χ0n) is 9.42. The van der Waals surface area contributed by atoms with E-state index in [0.29, 0.717) is 20.5 Å². The lowest BCUT2D eigenvalue weighted by atomic mass is 10.2. The predicted octanol–water partition coefficient (Wildman–Crippen LogP) is 4.11. The Morgan fingerprint density at radius 1 is 1.41 bits per heavy atom. The lowest BCUT2D eigenvalue weighted by molar-refractivity contribution is 0.879. The minimum atomic E-state index is 0.497. The van der Waals surface area contributed by atoms with Crippen molar-refractivity contribution in [3.63, 3.8) is 0 Å². The van der Waals surface area contributed by atoms with Crippen molar-refractivity contribution in [3.8, 4) is 5.69 Å². The van der Waals surface area contributed by atoms with Crippen LogP contribution in [0.3, 0.4) is 0 Å². The first-order valence-corrected chi connectivity index (χ1v) is 6.34. The van der Waals surface area contributed by atoms with E-state index in [2.05, 4.69) is 10.2 Å². The molecule has 3 nitrogen and oxygen atoms in total. The Balaban J connectivity index is 2.81. The number of hydrogen-bond acceptors (Lipinski definition) is 2. The smallest absolute Gasteiger partial charge is 0.199 e. The van der Waals surface area contributed by atoms with Gasteiger partial charge < -0.3 is 0 Å². The van der Waals surface area contributed by atoms with Crippen LogP contribution in [0.2, 0.25) is 10.0 Å². The summed E-state index contributed by atoms with van der Waals surface area (Å²) in [6.45, 7) is 3.93. The molecule has 6 heteroatoms. The number of hydrogen-bond donors (Lipinski definition) is 1. The van der Waals surface area contributed by atoms with Gasteiger partial charge in [0.15, 0.2) is 4.77 Å². The number of H-pyrrole nitrogens is 1. The summed E-state index contributed by atoms with van der Waals surface area (Å²) in [6, 6.07) is 3.69. The number of nitrogens with zero attached hydrogens (tertiary/aromatic N) is 2. The second-order valence-electron chi connectivity index (χ2n) is 3.66. The molecule has 2 aromatic rings. The Kier molecular flexibility index (Phi) is 3.56. The lowest BCUT2D eigenvalue weighted by Gasteiger charge is -2.11. The number of aromatic amines is 1. The summed E-state index contributed by atoms with van der Waals surface area (Å²) in [7, 11) is 0. The monoisotopic (exact) mass is 287 g/mol. The number of halogens is 2. The van der Waals surface area contributed by atoms with E-state index in [4.69, 9.17) is 35.4 Å². The van der Waals surface area contributed by atoms with Gasteiger partial charge in [0.1, 0.15) is 5.82 Å². The molecule has 0 radical (unpaired) electrons. The molecule has 1 heterocycles. The fourth-order valence-electron chi connectivity index (χ4n) is 1.64. The van der Waals surface area contributed by atoms with Gasteiger partial charge in [-0.2, -0.15) is 5.10 Å². The Morgan fingerprint density at radius 3 is 2.76 bits per heavy atom. The summed E-state index contributed by atoms with van der Waals surface area (Å²) in [6.07, 6.45) is 0.744. The fraction of sp³-hybridized carbons (Fsp3) is 0.273. The van der Waals surface area contributed by atoms with Crippen LogP contribution in [0, 0.1) is 11.7 Å². The average molecular weight is 288 g/mol.